The van der Waals surface area contributed by atoms with Crippen LogP contribution in [0.5, 0.6) is 11.5 Å². The van der Waals surface area contributed by atoms with Crippen molar-refractivity contribution in [1.29, 1.82) is 0 Å². The van der Waals surface area contributed by atoms with Crippen LogP contribution in [-0.2, 0) is 6.54 Å². The molecule has 2 heterocycles. The number of rotatable bonds is 5. The first-order valence-electron chi connectivity index (χ1n) is 8.08. The lowest BCUT2D eigenvalue weighted by Crippen LogP contribution is -2.04. The van der Waals surface area contributed by atoms with Gasteiger partial charge in [-0.05, 0) is 47.2 Å². The molecule has 7 nitrogen and oxygen atoms in total. The molecule has 4 aromatic rings. The van der Waals surface area contributed by atoms with Gasteiger partial charge in [-0.15, -0.1) is 10.2 Å². The van der Waals surface area contributed by atoms with Crippen LogP contribution in [0.4, 0.5) is 5.82 Å². The molecule has 2 aromatic heterocycles. The average molecular weight is 344 g/mol. The predicted octanol–water partition coefficient (Wildman–Crippen LogP) is 3.16. The fraction of sp³-hybridized carbons (Fsp3) is 0.0526. The zero-order valence-corrected chi connectivity index (χ0v) is 13.9. The predicted molar refractivity (Wildman–Crippen MR) is 97.5 cm³/mol. The summed E-state index contributed by atoms with van der Waals surface area (Å²) in [5.74, 6) is 2.38. The van der Waals surface area contributed by atoms with Crippen LogP contribution in [0, 0.1) is 0 Å². The van der Waals surface area contributed by atoms with Crippen LogP contribution < -0.4 is 10.5 Å². The number of hydrogen-bond acceptors (Lipinski definition) is 6. The molecule has 0 aliphatic heterocycles. The third kappa shape index (κ3) is 3.51. The molecule has 0 saturated carbocycles. The highest BCUT2D eigenvalue weighted by Crippen LogP contribution is 2.22. The topological polar surface area (TPSA) is 91.7 Å². The number of anilines is 1. The van der Waals surface area contributed by atoms with Gasteiger partial charge in [0.1, 0.15) is 17.3 Å². The summed E-state index contributed by atoms with van der Waals surface area (Å²) in [6, 6.07) is 21.0. The van der Waals surface area contributed by atoms with Gasteiger partial charge in [0.25, 0.3) is 0 Å². The molecule has 0 atom stereocenters. The molecule has 2 aromatic carbocycles. The molecule has 26 heavy (non-hydrogen) atoms. The van der Waals surface area contributed by atoms with Gasteiger partial charge in [-0.25, -0.2) is 4.98 Å². The van der Waals surface area contributed by atoms with E-state index in [9.17, 15) is 0 Å². The Hall–Kier alpha value is -3.74. The van der Waals surface area contributed by atoms with Crippen molar-refractivity contribution in [1.82, 2.24) is 25.2 Å². The van der Waals surface area contributed by atoms with E-state index in [-0.39, 0.29) is 0 Å². The smallest absolute Gasteiger partial charge is 0.208 e. The SMILES string of the molecule is Nc1ncccc1-c1nnn(Cc2cccc(Oc3ccccc3)c2)n1. The molecule has 2 N–H and O–H groups in total. The zero-order valence-electron chi connectivity index (χ0n) is 13.9. The Morgan fingerprint density at radius 2 is 1.77 bits per heavy atom. The number of tetrazole rings is 1. The van der Waals surface area contributed by atoms with Crippen LogP contribution >= 0.6 is 0 Å². The van der Waals surface area contributed by atoms with Crippen LogP contribution in [0.3, 0.4) is 0 Å². The van der Waals surface area contributed by atoms with E-state index in [0.717, 1.165) is 17.1 Å². The highest BCUT2D eigenvalue weighted by atomic mass is 16.5. The highest BCUT2D eigenvalue weighted by Gasteiger charge is 2.10. The first kappa shape index (κ1) is 15.8. The molecule has 0 fully saturated rings. The number of nitrogens with zero attached hydrogens (tertiary/aromatic N) is 5. The summed E-state index contributed by atoms with van der Waals surface area (Å²) in [4.78, 5) is 5.56. The van der Waals surface area contributed by atoms with Crippen molar-refractivity contribution < 1.29 is 4.74 Å². The fourth-order valence-corrected chi connectivity index (χ4v) is 2.52. The van der Waals surface area contributed by atoms with Crippen LogP contribution in [0.2, 0.25) is 0 Å². The molecule has 4 rings (SSSR count). The molecule has 0 radical (unpaired) electrons. The van der Waals surface area contributed by atoms with E-state index in [2.05, 4.69) is 20.4 Å². The van der Waals surface area contributed by atoms with Crippen LogP contribution in [-0.4, -0.2) is 25.2 Å². The summed E-state index contributed by atoms with van der Waals surface area (Å²) in [6.07, 6.45) is 1.63. The molecular formula is C19H16N6O. The second-order valence-corrected chi connectivity index (χ2v) is 5.64. The Balaban J connectivity index is 1.51. The largest absolute Gasteiger partial charge is 0.457 e. The Kier molecular flexibility index (Phi) is 4.26. The monoisotopic (exact) mass is 344 g/mol. The number of hydrogen-bond donors (Lipinski definition) is 1. The molecule has 128 valence electrons. The van der Waals surface area contributed by atoms with Gasteiger partial charge in [0.05, 0.1) is 12.1 Å². The molecule has 0 unspecified atom stereocenters. The molecule has 0 bridgehead atoms. The molecular weight excluding hydrogens is 328 g/mol. The van der Waals surface area contributed by atoms with Gasteiger partial charge in [-0.2, -0.15) is 4.80 Å². The molecule has 0 aliphatic rings. The summed E-state index contributed by atoms with van der Waals surface area (Å²) in [6.45, 7) is 0.471. The van der Waals surface area contributed by atoms with Crippen molar-refractivity contribution in [3.05, 3.63) is 78.5 Å². The second-order valence-electron chi connectivity index (χ2n) is 5.64. The Morgan fingerprint density at radius 1 is 0.923 bits per heavy atom. The van der Waals surface area contributed by atoms with Gasteiger partial charge in [0.15, 0.2) is 0 Å². The Labute approximate surface area is 150 Å². The molecule has 0 saturated heterocycles. The molecule has 0 aliphatic carbocycles. The zero-order chi connectivity index (χ0) is 17.8. The van der Waals surface area contributed by atoms with Gasteiger partial charge < -0.3 is 10.5 Å². The lowest BCUT2D eigenvalue weighted by molar-refractivity contribution is 0.480. The molecule has 0 spiro atoms. The summed E-state index contributed by atoms with van der Waals surface area (Å²) in [7, 11) is 0. The van der Waals surface area contributed by atoms with Crippen molar-refractivity contribution in [2.45, 2.75) is 6.54 Å². The van der Waals surface area contributed by atoms with E-state index in [4.69, 9.17) is 10.5 Å². The minimum absolute atomic E-state index is 0.380. The lowest BCUT2D eigenvalue weighted by atomic mass is 10.2. The first-order chi connectivity index (χ1) is 12.8. The van der Waals surface area contributed by atoms with E-state index in [1.165, 1.54) is 4.80 Å². The maximum absolute atomic E-state index is 5.86. The number of ether oxygens (including phenoxy) is 1. The van der Waals surface area contributed by atoms with Crippen molar-refractivity contribution >= 4 is 5.82 Å². The third-order valence-electron chi connectivity index (χ3n) is 3.73. The van der Waals surface area contributed by atoms with E-state index < -0.39 is 0 Å². The summed E-state index contributed by atoms with van der Waals surface area (Å²) in [5, 5.41) is 12.5. The number of benzene rings is 2. The van der Waals surface area contributed by atoms with Gasteiger partial charge in [0, 0.05) is 6.20 Å². The number of nitrogen functional groups attached to an aromatic ring is 1. The van der Waals surface area contributed by atoms with E-state index >= 15 is 0 Å². The van der Waals surface area contributed by atoms with Crippen LogP contribution in [0.25, 0.3) is 11.4 Å². The van der Waals surface area contributed by atoms with E-state index in [0.29, 0.717) is 23.8 Å². The van der Waals surface area contributed by atoms with Crippen molar-refractivity contribution in [2.75, 3.05) is 5.73 Å². The fourth-order valence-electron chi connectivity index (χ4n) is 2.52. The maximum atomic E-state index is 5.86. The Morgan fingerprint density at radius 3 is 2.62 bits per heavy atom. The van der Waals surface area contributed by atoms with Crippen LogP contribution in [0.15, 0.2) is 72.9 Å². The van der Waals surface area contributed by atoms with Crippen molar-refractivity contribution in [2.24, 2.45) is 0 Å². The minimum Gasteiger partial charge on any atom is -0.457 e. The quantitative estimate of drug-likeness (QED) is 0.598. The lowest BCUT2D eigenvalue weighted by Gasteiger charge is -2.07. The third-order valence-corrected chi connectivity index (χ3v) is 3.73. The van der Waals surface area contributed by atoms with E-state index in [1.807, 2.05) is 60.7 Å². The average Bonchev–Trinajstić information content (AvgIpc) is 3.11. The highest BCUT2D eigenvalue weighted by molar-refractivity contribution is 5.66. The van der Waals surface area contributed by atoms with E-state index in [1.54, 1.807) is 12.3 Å². The number of pyridine rings is 1. The first-order valence-corrected chi connectivity index (χ1v) is 8.08. The Bertz CT molecular complexity index is 1020. The van der Waals surface area contributed by atoms with Gasteiger partial charge >= 0.3 is 0 Å². The molecule has 0 amide bonds. The maximum Gasteiger partial charge on any atom is 0.208 e. The normalized spacial score (nSPS) is 10.6. The van der Waals surface area contributed by atoms with Crippen molar-refractivity contribution in [3.63, 3.8) is 0 Å². The number of aromatic nitrogens is 5. The van der Waals surface area contributed by atoms with Crippen LogP contribution in [0.1, 0.15) is 5.56 Å². The van der Waals surface area contributed by atoms with Gasteiger partial charge in [-0.1, -0.05) is 30.3 Å². The summed E-state index contributed by atoms with van der Waals surface area (Å²) >= 11 is 0. The molecule has 7 heteroatoms. The number of para-hydroxylation sites is 1. The number of nitrogens with two attached hydrogens (primary N) is 1. The summed E-state index contributed by atoms with van der Waals surface area (Å²) < 4.78 is 5.86. The van der Waals surface area contributed by atoms with Gasteiger partial charge in [-0.3, -0.25) is 0 Å². The standard InChI is InChI=1S/C19H16N6O/c20-18-17(10-5-11-21-18)19-22-24-25(23-19)13-14-6-4-9-16(12-14)26-15-7-2-1-3-8-15/h1-12H,13H2,(H2,20,21). The minimum atomic E-state index is 0.380. The second kappa shape index (κ2) is 7.02. The summed E-state index contributed by atoms with van der Waals surface area (Å²) in [5.41, 5.74) is 7.53. The van der Waals surface area contributed by atoms with Crippen molar-refractivity contribution in [3.8, 4) is 22.9 Å². The van der Waals surface area contributed by atoms with Gasteiger partial charge in [0.2, 0.25) is 5.82 Å².